The fourth-order valence-corrected chi connectivity index (χ4v) is 2.34. The Morgan fingerprint density at radius 2 is 1.92 bits per heavy atom. The lowest BCUT2D eigenvalue weighted by Crippen LogP contribution is -2.32. The smallest absolute Gasteiger partial charge is 0.203 e. The molecule has 0 N–H and O–H groups in total. The van der Waals surface area contributed by atoms with Gasteiger partial charge in [-0.25, -0.2) is 12.7 Å². The van der Waals surface area contributed by atoms with E-state index in [1.165, 1.54) is 12.8 Å². The van der Waals surface area contributed by atoms with Crippen LogP contribution >= 0.6 is 0 Å². The predicted octanol–water partition coefficient (Wildman–Crippen LogP) is 1.02. The lowest BCUT2D eigenvalue weighted by Gasteiger charge is -2.27. The van der Waals surface area contributed by atoms with Crippen LogP contribution in [-0.4, -0.2) is 25.8 Å². The second-order valence-corrected chi connectivity index (χ2v) is 4.46. The van der Waals surface area contributed by atoms with Crippen LogP contribution in [0.4, 0.5) is 0 Å². The van der Waals surface area contributed by atoms with Crippen molar-refractivity contribution >= 4 is 10.9 Å². The third-order valence-electron chi connectivity index (χ3n) is 2.52. The van der Waals surface area contributed by atoms with E-state index < -0.39 is 10.9 Å². The molecule has 0 bridgehead atoms. The Balaban J connectivity index is 2.29. The summed E-state index contributed by atoms with van der Waals surface area (Å²) < 4.78 is 22.7. The van der Waals surface area contributed by atoms with E-state index >= 15 is 0 Å². The lowest BCUT2D eigenvalue weighted by atomic mass is 9.94. The maximum absolute atomic E-state index is 10.6. The first kappa shape index (κ1) is 9.99. The van der Waals surface area contributed by atoms with E-state index in [0.29, 0.717) is 0 Å². The number of thiol groups is 1. The van der Waals surface area contributed by atoms with Gasteiger partial charge in [0, 0.05) is 13.1 Å². The average molecular weight is 191 g/mol. The summed E-state index contributed by atoms with van der Waals surface area (Å²) in [7, 11) is -2.31. The van der Waals surface area contributed by atoms with Gasteiger partial charge < -0.3 is 0 Å². The molecule has 1 fully saturated rings. The van der Waals surface area contributed by atoms with Gasteiger partial charge in [-0.1, -0.05) is 19.8 Å². The molecule has 0 aromatic carbocycles. The van der Waals surface area contributed by atoms with E-state index in [4.69, 9.17) is 0 Å². The molecule has 0 amide bonds. The third kappa shape index (κ3) is 2.75. The summed E-state index contributed by atoms with van der Waals surface area (Å²) in [6.45, 7) is 3.66. The highest BCUT2D eigenvalue weighted by Gasteiger charge is 2.19. The summed E-state index contributed by atoms with van der Waals surface area (Å²) in [5.41, 5.74) is 0. The molecule has 4 heteroatoms. The van der Waals surface area contributed by atoms with Gasteiger partial charge in [-0.3, -0.25) is 0 Å². The van der Waals surface area contributed by atoms with Crippen molar-refractivity contribution in [3.63, 3.8) is 0 Å². The first-order chi connectivity index (χ1) is 5.74. The minimum atomic E-state index is -2.31. The summed E-state index contributed by atoms with van der Waals surface area (Å²) in [6, 6.07) is 0. The minimum Gasteiger partial charge on any atom is -0.215 e. The molecule has 1 saturated heterocycles. The van der Waals surface area contributed by atoms with Gasteiger partial charge in [0.15, 0.2) is 0 Å². The van der Waals surface area contributed by atoms with Crippen molar-refractivity contribution in [1.29, 1.82) is 0 Å². The van der Waals surface area contributed by atoms with Crippen LogP contribution in [-0.2, 0) is 10.9 Å². The van der Waals surface area contributed by atoms with Gasteiger partial charge in [0.05, 0.1) is 0 Å². The van der Waals surface area contributed by atoms with Crippen LogP contribution in [0.1, 0.15) is 32.6 Å². The Labute approximate surface area is 75.8 Å². The molecule has 0 unspecified atom stereocenters. The van der Waals surface area contributed by atoms with Crippen molar-refractivity contribution in [2.75, 3.05) is 13.1 Å². The van der Waals surface area contributed by atoms with E-state index in [9.17, 15) is 8.42 Å². The number of hydrogen-bond donors (Lipinski definition) is 1. The molecule has 0 saturated carbocycles. The zero-order chi connectivity index (χ0) is 8.97. The van der Waals surface area contributed by atoms with Gasteiger partial charge in [0.25, 0.3) is 0 Å². The Morgan fingerprint density at radius 3 is 2.33 bits per heavy atom. The standard InChI is InChI=1S/C8H17NO2S/c1-2-3-8-4-6-9(7-5-8)12(10)11/h8,12H,2-7H2,1H3. The van der Waals surface area contributed by atoms with Crippen LogP contribution in [0.5, 0.6) is 0 Å². The number of rotatable bonds is 3. The van der Waals surface area contributed by atoms with Gasteiger partial charge in [0.1, 0.15) is 0 Å². The Hall–Kier alpha value is -0.0900. The van der Waals surface area contributed by atoms with Crippen molar-refractivity contribution in [3.8, 4) is 0 Å². The molecule has 0 atom stereocenters. The maximum Gasteiger partial charge on any atom is 0.203 e. The molecular weight excluding hydrogens is 174 g/mol. The largest absolute Gasteiger partial charge is 0.215 e. The summed E-state index contributed by atoms with van der Waals surface area (Å²) in [5, 5.41) is 0. The second-order valence-electron chi connectivity index (χ2n) is 3.42. The van der Waals surface area contributed by atoms with Crippen molar-refractivity contribution < 1.29 is 8.42 Å². The third-order valence-corrected chi connectivity index (χ3v) is 3.38. The highest BCUT2D eigenvalue weighted by atomic mass is 32.2. The zero-order valence-electron chi connectivity index (χ0n) is 7.53. The summed E-state index contributed by atoms with van der Waals surface area (Å²) in [5.74, 6) is 0.765. The quantitative estimate of drug-likeness (QED) is 0.676. The van der Waals surface area contributed by atoms with Crippen LogP contribution in [0.2, 0.25) is 0 Å². The molecule has 12 heavy (non-hydrogen) atoms. The monoisotopic (exact) mass is 191 g/mol. The Kier molecular flexibility index (Phi) is 4.01. The molecule has 1 rings (SSSR count). The van der Waals surface area contributed by atoms with Crippen LogP contribution in [0.15, 0.2) is 0 Å². The van der Waals surface area contributed by atoms with Gasteiger partial charge in [0.2, 0.25) is 10.9 Å². The van der Waals surface area contributed by atoms with Crippen molar-refractivity contribution in [2.45, 2.75) is 32.6 Å². The summed E-state index contributed by atoms with van der Waals surface area (Å²) in [4.78, 5) is 0. The normalized spacial score (nSPS) is 21.8. The molecule has 1 aliphatic rings. The molecule has 1 heterocycles. The van der Waals surface area contributed by atoms with Gasteiger partial charge in [-0.2, -0.15) is 0 Å². The Morgan fingerprint density at radius 1 is 1.33 bits per heavy atom. The van der Waals surface area contributed by atoms with E-state index in [1.807, 2.05) is 0 Å². The van der Waals surface area contributed by atoms with Crippen LogP contribution in [0.25, 0.3) is 0 Å². The van der Waals surface area contributed by atoms with E-state index in [-0.39, 0.29) is 0 Å². The first-order valence-corrected chi connectivity index (χ1v) is 5.76. The first-order valence-electron chi connectivity index (χ1n) is 4.63. The van der Waals surface area contributed by atoms with Gasteiger partial charge >= 0.3 is 0 Å². The number of nitrogens with zero attached hydrogens (tertiary/aromatic N) is 1. The fourth-order valence-electron chi connectivity index (χ4n) is 1.78. The molecule has 1 aliphatic heterocycles. The SMILES string of the molecule is CCCC1CCN([SH](=O)=O)CC1. The molecule has 0 aromatic heterocycles. The zero-order valence-corrected chi connectivity index (χ0v) is 8.43. The fraction of sp³-hybridized carbons (Fsp3) is 1.00. The Bertz CT molecular complexity index is 187. The molecular formula is C8H17NO2S. The van der Waals surface area contributed by atoms with Crippen LogP contribution in [0, 0.1) is 5.92 Å². The maximum atomic E-state index is 10.6. The van der Waals surface area contributed by atoms with Crippen molar-refractivity contribution in [2.24, 2.45) is 5.92 Å². The summed E-state index contributed by atoms with van der Waals surface area (Å²) in [6.07, 6.45) is 4.58. The lowest BCUT2D eigenvalue weighted by molar-refractivity contribution is 0.267. The molecule has 0 radical (unpaired) electrons. The highest BCUT2D eigenvalue weighted by molar-refractivity contribution is 7.69. The minimum absolute atomic E-state index is 0.739. The van der Waals surface area contributed by atoms with Crippen molar-refractivity contribution in [1.82, 2.24) is 4.31 Å². The van der Waals surface area contributed by atoms with Crippen LogP contribution in [0.3, 0.4) is 0 Å². The van der Waals surface area contributed by atoms with E-state index in [2.05, 4.69) is 6.92 Å². The average Bonchev–Trinajstić information content (AvgIpc) is 2.06. The highest BCUT2D eigenvalue weighted by Crippen LogP contribution is 2.21. The van der Waals surface area contributed by atoms with Gasteiger partial charge in [-0.15, -0.1) is 0 Å². The molecule has 0 spiro atoms. The molecule has 0 aliphatic carbocycles. The predicted molar refractivity (Wildman–Crippen MR) is 49.5 cm³/mol. The number of piperidine rings is 1. The van der Waals surface area contributed by atoms with E-state index in [0.717, 1.165) is 31.8 Å². The molecule has 0 aromatic rings. The van der Waals surface area contributed by atoms with Gasteiger partial charge in [-0.05, 0) is 18.8 Å². The number of hydrogen-bond acceptors (Lipinski definition) is 2. The van der Waals surface area contributed by atoms with Crippen LogP contribution < -0.4 is 0 Å². The molecule has 72 valence electrons. The topological polar surface area (TPSA) is 37.4 Å². The second kappa shape index (κ2) is 4.82. The van der Waals surface area contributed by atoms with Crippen molar-refractivity contribution in [3.05, 3.63) is 0 Å². The molecule has 3 nitrogen and oxygen atoms in total. The summed E-state index contributed by atoms with van der Waals surface area (Å²) >= 11 is 0. The van der Waals surface area contributed by atoms with E-state index in [1.54, 1.807) is 4.31 Å².